The van der Waals surface area contributed by atoms with Crippen LogP contribution in [0, 0.1) is 0 Å². The fraction of sp³-hybridized carbons (Fsp3) is 0. The molecule has 2 nitrogen and oxygen atoms in total. The minimum absolute atomic E-state index is 0.885. The van der Waals surface area contributed by atoms with E-state index in [0.717, 1.165) is 61.1 Å². The first-order valence-corrected chi connectivity index (χ1v) is 24.1. The number of anilines is 3. The third-order valence-electron chi connectivity index (χ3n) is 14.4. The summed E-state index contributed by atoms with van der Waals surface area (Å²) in [5.41, 5.74) is 14.6. The van der Waals surface area contributed by atoms with Gasteiger partial charge in [0.15, 0.2) is 0 Å². The molecule has 1 aromatic heterocycles. The third-order valence-corrected chi connectivity index (χ3v) is 14.4. The van der Waals surface area contributed by atoms with Crippen LogP contribution >= 0.6 is 0 Å². The second-order valence-electron chi connectivity index (χ2n) is 18.3. The molecule has 0 unspecified atom stereocenters. The maximum absolute atomic E-state index is 6.67. The van der Waals surface area contributed by atoms with Crippen LogP contribution in [0.25, 0.3) is 120 Å². The Labute approximate surface area is 405 Å². The molecule has 0 aliphatic heterocycles. The second kappa shape index (κ2) is 16.2. The van der Waals surface area contributed by atoms with Crippen molar-refractivity contribution >= 4 is 92.9 Å². The Kier molecular flexibility index (Phi) is 9.25. The Morgan fingerprint density at radius 3 is 1.59 bits per heavy atom. The zero-order chi connectivity index (χ0) is 46.1. The molecule has 70 heavy (non-hydrogen) atoms. The fourth-order valence-electron chi connectivity index (χ4n) is 11.2. The normalized spacial score (nSPS) is 11.7. The summed E-state index contributed by atoms with van der Waals surface area (Å²) in [4.78, 5) is 2.44. The van der Waals surface area contributed by atoms with Gasteiger partial charge in [-0.05, 0) is 136 Å². The van der Waals surface area contributed by atoms with Crippen LogP contribution in [0.3, 0.4) is 0 Å². The minimum atomic E-state index is 0.885. The van der Waals surface area contributed by atoms with Crippen molar-refractivity contribution in [3.63, 3.8) is 0 Å². The average Bonchev–Trinajstić information content (AvgIpc) is 3.83. The Morgan fingerprint density at radius 2 is 0.829 bits per heavy atom. The number of nitrogens with zero attached hydrogens (tertiary/aromatic N) is 1. The maximum atomic E-state index is 6.67. The van der Waals surface area contributed by atoms with E-state index >= 15 is 0 Å². The molecule has 14 aromatic rings. The first-order valence-electron chi connectivity index (χ1n) is 24.1. The molecular formula is C68H43NO. The maximum Gasteiger partial charge on any atom is 0.143 e. The first-order chi connectivity index (χ1) is 34.7. The van der Waals surface area contributed by atoms with Crippen molar-refractivity contribution in [2.24, 2.45) is 0 Å². The zero-order valence-corrected chi connectivity index (χ0v) is 38.2. The smallest absolute Gasteiger partial charge is 0.143 e. The van der Waals surface area contributed by atoms with Gasteiger partial charge >= 0.3 is 0 Å². The summed E-state index contributed by atoms with van der Waals surface area (Å²) >= 11 is 0. The van der Waals surface area contributed by atoms with Gasteiger partial charge in [0.1, 0.15) is 11.2 Å². The minimum Gasteiger partial charge on any atom is -0.455 e. The quantitative estimate of drug-likeness (QED) is 0.148. The summed E-state index contributed by atoms with van der Waals surface area (Å²) in [6.45, 7) is 0. The molecule has 0 aliphatic rings. The van der Waals surface area contributed by atoms with Crippen molar-refractivity contribution in [2.45, 2.75) is 0 Å². The summed E-state index contributed by atoms with van der Waals surface area (Å²) in [6.07, 6.45) is 0. The Bertz CT molecular complexity index is 4340. The van der Waals surface area contributed by atoms with Crippen molar-refractivity contribution in [1.82, 2.24) is 0 Å². The summed E-state index contributed by atoms with van der Waals surface area (Å²) in [7, 11) is 0. The van der Waals surface area contributed by atoms with Crippen LogP contribution in [-0.2, 0) is 0 Å². The average molecular weight is 890 g/mol. The summed E-state index contributed by atoms with van der Waals surface area (Å²) < 4.78 is 6.67. The number of rotatable bonds is 7. The molecule has 2 heteroatoms. The molecule has 1 heterocycles. The molecule has 0 bridgehead atoms. The molecule has 0 N–H and O–H groups in total. The molecule has 0 atom stereocenters. The highest BCUT2D eigenvalue weighted by Crippen LogP contribution is 2.48. The van der Waals surface area contributed by atoms with Crippen LogP contribution in [0.1, 0.15) is 0 Å². The molecule has 326 valence electrons. The van der Waals surface area contributed by atoms with Crippen molar-refractivity contribution in [3.05, 3.63) is 261 Å². The van der Waals surface area contributed by atoms with Gasteiger partial charge in [0.25, 0.3) is 0 Å². The van der Waals surface area contributed by atoms with Crippen LogP contribution in [0.5, 0.6) is 0 Å². The monoisotopic (exact) mass is 889 g/mol. The van der Waals surface area contributed by atoms with Gasteiger partial charge < -0.3 is 9.32 Å². The van der Waals surface area contributed by atoms with Crippen molar-refractivity contribution in [2.75, 3.05) is 4.90 Å². The Balaban J connectivity index is 0.954. The number of furan rings is 1. The van der Waals surface area contributed by atoms with Crippen LogP contribution in [0.15, 0.2) is 265 Å². The summed E-state index contributed by atoms with van der Waals surface area (Å²) in [6, 6.07) is 95.1. The van der Waals surface area contributed by atoms with E-state index in [4.69, 9.17) is 4.42 Å². The van der Waals surface area contributed by atoms with Crippen LogP contribution in [0.4, 0.5) is 17.1 Å². The molecule has 0 radical (unpaired) electrons. The van der Waals surface area contributed by atoms with Crippen LogP contribution < -0.4 is 4.90 Å². The van der Waals surface area contributed by atoms with E-state index in [1.807, 2.05) is 0 Å². The summed E-state index contributed by atoms with van der Waals surface area (Å²) in [5, 5.41) is 14.4. The predicted octanol–water partition coefficient (Wildman–Crippen LogP) is 19.5. The van der Waals surface area contributed by atoms with E-state index < -0.39 is 0 Å². The standard InChI is InChI=1S/C68H43NO/c1-3-18-46(19-4-1)65-60-30-14-12-28-57(60)58-39-36-48(42-62(58)66(65)47-20-5-2-6-21-47)44-33-37-51(38-34-44)69(63-43-50-22-8-9-25-53(50)56-27-11-13-29-59(56)63)52-24-15-23-49(41-52)54-31-16-32-64-67(54)61-40-35-45-17-7-10-26-55(45)68(61)70-64/h1-43H. The van der Waals surface area contributed by atoms with E-state index in [1.54, 1.807) is 0 Å². The van der Waals surface area contributed by atoms with Gasteiger partial charge in [0, 0.05) is 32.9 Å². The van der Waals surface area contributed by atoms with E-state index in [-0.39, 0.29) is 0 Å². The van der Waals surface area contributed by atoms with E-state index in [2.05, 4.69) is 266 Å². The number of hydrogen-bond acceptors (Lipinski definition) is 2. The van der Waals surface area contributed by atoms with E-state index in [9.17, 15) is 0 Å². The number of fused-ring (bicyclic) bond motifs is 11. The zero-order valence-electron chi connectivity index (χ0n) is 38.2. The van der Waals surface area contributed by atoms with E-state index in [0.29, 0.717) is 0 Å². The van der Waals surface area contributed by atoms with Gasteiger partial charge in [0.05, 0.1) is 5.69 Å². The molecule has 13 aromatic carbocycles. The molecule has 0 aliphatic carbocycles. The molecule has 0 fully saturated rings. The molecular weight excluding hydrogens is 847 g/mol. The van der Waals surface area contributed by atoms with Gasteiger partial charge in [0.2, 0.25) is 0 Å². The first kappa shape index (κ1) is 39.9. The van der Waals surface area contributed by atoms with Gasteiger partial charge in [-0.1, -0.05) is 212 Å². The summed E-state index contributed by atoms with van der Waals surface area (Å²) in [5.74, 6) is 0. The lowest BCUT2D eigenvalue weighted by Gasteiger charge is -2.28. The lowest BCUT2D eigenvalue weighted by molar-refractivity contribution is 0.673. The molecule has 0 saturated heterocycles. The van der Waals surface area contributed by atoms with Crippen molar-refractivity contribution in [1.29, 1.82) is 0 Å². The van der Waals surface area contributed by atoms with Gasteiger partial charge in [-0.2, -0.15) is 0 Å². The number of benzene rings is 13. The highest BCUT2D eigenvalue weighted by Gasteiger charge is 2.22. The molecule has 0 saturated carbocycles. The topological polar surface area (TPSA) is 16.4 Å². The van der Waals surface area contributed by atoms with Crippen LogP contribution in [-0.4, -0.2) is 0 Å². The molecule has 0 amide bonds. The van der Waals surface area contributed by atoms with Gasteiger partial charge in [-0.25, -0.2) is 0 Å². The molecule has 14 rings (SSSR count). The predicted molar refractivity (Wildman–Crippen MR) is 298 cm³/mol. The lowest BCUT2D eigenvalue weighted by Crippen LogP contribution is -2.10. The van der Waals surface area contributed by atoms with Crippen LogP contribution in [0.2, 0.25) is 0 Å². The van der Waals surface area contributed by atoms with Gasteiger partial charge in [-0.3, -0.25) is 0 Å². The highest BCUT2D eigenvalue weighted by molar-refractivity contribution is 6.23. The fourth-order valence-corrected chi connectivity index (χ4v) is 11.2. The highest BCUT2D eigenvalue weighted by atomic mass is 16.3. The largest absolute Gasteiger partial charge is 0.455 e. The SMILES string of the molecule is c1ccc(-c2c(-c3ccccc3)c3cc(-c4ccc(N(c5cccc(-c6cccc7oc8c9ccccc9ccc8c67)c5)c5cc6ccccc6c6ccccc56)cc4)ccc3c3ccccc23)cc1. The van der Waals surface area contributed by atoms with E-state index in [1.165, 1.54) is 76.3 Å². The van der Waals surface area contributed by atoms with Crippen molar-refractivity contribution < 1.29 is 4.42 Å². The second-order valence-corrected chi connectivity index (χ2v) is 18.3. The van der Waals surface area contributed by atoms with Gasteiger partial charge in [-0.15, -0.1) is 0 Å². The third kappa shape index (κ3) is 6.42. The molecule has 0 spiro atoms. The van der Waals surface area contributed by atoms with Crippen molar-refractivity contribution in [3.8, 4) is 44.5 Å². The Hall–Kier alpha value is -9.24. The Morgan fingerprint density at radius 1 is 0.271 bits per heavy atom. The lowest BCUT2D eigenvalue weighted by atomic mass is 9.84. The number of hydrogen-bond donors (Lipinski definition) is 0.